The largest absolute Gasteiger partial charge is 0.494 e. The summed E-state index contributed by atoms with van der Waals surface area (Å²) in [6.07, 6.45) is 4.41. The maximum absolute atomic E-state index is 14.6. The van der Waals surface area contributed by atoms with E-state index < -0.39 is 11.6 Å². The standard InChI is InChI=1S/C33H31N3O4S/c1-23-34-26(22-41-23)21-36-29-13-6-5-12-28(29)30-33(32(36)38,18-7-11-24-9-3-2-4-10-24)35-31(40-30)25-14-16-27(17-15-25)39-20-8-19-37/h2-7,9-17,22,30,37H,8,18-21H2,1H3/b11-7+/t30-,33-/m0/s1. The molecule has 3 heterocycles. The molecule has 8 heteroatoms. The molecular weight excluding hydrogens is 534 g/mol. The molecular formula is C33H31N3O4S. The maximum Gasteiger partial charge on any atom is 0.260 e. The molecule has 0 bridgehead atoms. The van der Waals surface area contributed by atoms with Gasteiger partial charge in [0.1, 0.15) is 5.75 Å². The first-order valence-corrected chi connectivity index (χ1v) is 14.6. The zero-order valence-electron chi connectivity index (χ0n) is 22.8. The number of aliphatic hydroxyl groups excluding tert-OH is 1. The Hall–Kier alpha value is -4.27. The summed E-state index contributed by atoms with van der Waals surface area (Å²) < 4.78 is 12.3. The highest BCUT2D eigenvalue weighted by atomic mass is 32.1. The predicted octanol–water partition coefficient (Wildman–Crippen LogP) is 6.12. The second-order valence-corrected chi connectivity index (χ2v) is 11.2. The number of hydrogen-bond acceptors (Lipinski definition) is 7. The van der Waals surface area contributed by atoms with E-state index in [1.165, 1.54) is 0 Å². The van der Waals surface area contributed by atoms with Crippen molar-refractivity contribution in [2.45, 2.75) is 38.0 Å². The van der Waals surface area contributed by atoms with E-state index in [2.05, 4.69) is 4.98 Å². The van der Waals surface area contributed by atoms with Gasteiger partial charge in [-0.1, -0.05) is 60.7 Å². The molecule has 7 nitrogen and oxygen atoms in total. The molecule has 0 spiro atoms. The second-order valence-electron chi connectivity index (χ2n) is 10.1. The van der Waals surface area contributed by atoms with Gasteiger partial charge < -0.3 is 19.5 Å². The minimum Gasteiger partial charge on any atom is -0.494 e. The molecule has 2 aliphatic rings. The smallest absolute Gasteiger partial charge is 0.260 e. The van der Waals surface area contributed by atoms with Gasteiger partial charge in [0.05, 0.1) is 29.5 Å². The number of thiazole rings is 1. The van der Waals surface area contributed by atoms with E-state index in [1.807, 2.05) is 108 Å². The zero-order chi connectivity index (χ0) is 28.2. The normalized spacial score (nSPS) is 19.6. The lowest BCUT2D eigenvalue weighted by Gasteiger charge is -2.41. The highest BCUT2D eigenvalue weighted by Crippen LogP contribution is 2.50. The number of anilines is 1. The van der Waals surface area contributed by atoms with Crippen LogP contribution in [0.1, 0.15) is 46.3 Å². The van der Waals surface area contributed by atoms with Gasteiger partial charge >= 0.3 is 0 Å². The molecule has 0 saturated heterocycles. The fourth-order valence-electron chi connectivity index (χ4n) is 5.31. The molecule has 0 aliphatic carbocycles. The Morgan fingerprint density at radius 1 is 1.07 bits per heavy atom. The van der Waals surface area contributed by atoms with Gasteiger partial charge in [0.2, 0.25) is 5.90 Å². The van der Waals surface area contributed by atoms with E-state index in [0.29, 0.717) is 37.6 Å². The summed E-state index contributed by atoms with van der Waals surface area (Å²) in [7, 11) is 0. The monoisotopic (exact) mass is 565 g/mol. The van der Waals surface area contributed by atoms with Gasteiger partial charge in [0, 0.05) is 36.0 Å². The molecule has 0 fully saturated rings. The highest BCUT2D eigenvalue weighted by molar-refractivity contribution is 7.09. The van der Waals surface area contributed by atoms with Crippen LogP contribution in [0.4, 0.5) is 5.69 Å². The first-order chi connectivity index (χ1) is 20.1. The Balaban J connectivity index is 1.39. The van der Waals surface area contributed by atoms with E-state index in [4.69, 9.17) is 19.6 Å². The lowest BCUT2D eigenvalue weighted by Crippen LogP contribution is -2.53. The third-order valence-corrected chi connectivity index (χ3v) is 8.11. The van der Waals surface area contributed by atoms with E-state index in [-0.39, 0.29) is 12.5 Å². The quantitative estimate of drug-likeness (QED) is 0.234. The van der Waals surface area contributed by atoms with Crippen LogP contribution in [-0.2, 0) is 16.1 Å². The van der Waals surface area contributed by atoms with Gasteiger partial charge in [-0.25, -0.2) is 9.98 Å². The van der Waals surface area contributed by atoms with Gasteiger partial charge in [-0.05, 0) is 42.8 Å². The maximum atomic E-state index is 14.6. The van der Waals surface area contributed by atoms with Crippen molar-refractivity contribution < 1.29 is 19.4 Å². The van der Waals surface area contributed by atoms with E-state index in [0.717, 1.165) is 33.1 Å². The summed E-state index contributed by atoms with van der Waals surface area (Å²) in [6, 6.07) is 25.4. The van der Waals surface area contributed by atoms with Crippen molar-refractivity contribution in [2.24, 2.45) is 4.99 Å². The highest BCUT2D eigenvalue weighted by Gasteiger charge is 2.58. The van der Waals surface area contributed by atoms with Crippen molar-refractivity contribution in [2.75, 3.05) is 18.1 Å². The van der Waals surface area contributed by atoms with Gasteiger partial charge in [-0.3, -0.25) is 4.79 Å². The van der Waals surface area contributed by atoms with Crippen molar-refractivity contribution in [1.29, 1.82) is 0 Å². The summed E-state index contributed by atoms with van der Waals surface area (Å²) in [5.41, 5.74) is 3.25. The number of ether oxygens (including phenoxy) is 2. The summed E-state index contributed by atoms with van der Waals surface area (Å²) in [5.74, 6) is 1.02. The number of carbonyl (C=O) groups is 1. The zero-order valence-corrected chi connectivity index (χ0v) is 23.6. The molecule has 0 radical (unpaired) electrons. The number of carbonyl (C=O) groups excluding carboxylic acids is 1. The molecule has 1 aromatic heterocycles. The van der Waals surface area contributed by atoms with Crippen LogP contribution in [0, 0.1) is 6.92 Å². The Labute approximate surface area is 243 Å². The molecule has 2 atom stereocenters. The van der Waals surface area contributed by atoms with Crippen LogP contribution in [0.3, 0.4) is 0 Å². The number of aliphatic imine (C=N–C) groups is 1. The van der Waals surface area contributed by atoms with Gasteiger partial charge in [0.15, 0.2) is 11.6 Å². The first-order valence-electron chi connectivity index (χ1n) is 13.7. The number of fused-ring (bicyclic) bond motifs is 3. The number of amides is 1. The molecule has 0 unspecified atom stereocenters. The SMILES string of the molecule is Cc1nc(CN2C(=O)[C@@]3(C/C=C/c4ccccc4)N=C(c4ccc(OCCCO)cc4)O[C@H]3c3ccccc32)cs1. The average molecular weight is 566 g/mol. The van der Waals surface area contributed by atoms with Crippen LogP contribution in [0.25, 0.3) is 6.08 Å². The molecule has 208 valence electrons. The number of aryl methyl sites for hydroxylation is 1. The van der Waals surface area contributed by atoms with E-state index >= 15 is 0 Å². The van der Waals surface area contributed by atoms with Crippen molar-refractivity contribution >= 4 is 34.9 Å². The van der Waals surface area contributed by atoms with Crippen LogP contribution in [0.15, 0.2) is 95.3 Å². The van der Waals surface area contributed by atoms with Crippen LogP contribution in [-0.4, -0.2) is 40.6 Å². The second kappa shape index (κ2) is 11.7. The third kappa shape index (κ3) is 5.40. The third-order valence-electron chi connectivity index (χ3n) is 7.29. The lowest BCUT2D eigenvalue weighted by molar-refractivity contribution is -0.127. The topological polar surface area (TPSA) is 84.3 Å². The molecule has 3 aromatic carbocycles. The molecule has 1 amide bonds. The number of rotatable bonds is 10. The number of para-hydroxylation sites is 1. The lowest BCUT2D eigenvalue weighted by atomic mass is 9.79. The summed E-state index contributed by atoms with van der Waals surface area (Å²) in [6.45, 7) is 2.85. The fraction of sp³-hybridized carbons (Fsp3) is 0.242. The minimum absolute atomic E-state index is 0.0829. The van der Waals surface area contributed by atoms with Crippen molar-refractivity contribution in [1.82, 2.24) is 4.98 Å². The van der Waals surface area contributed by atoms with Crippen molar-refractivity contribution in [3.05, 3.63) is 118 Å². The molecule has 2 aliphatic heterocycles. The van der Waals surface area contributed by atoms with Gasteiger partial charge in [0.25, 0.3) is 5.91 Å². The average Bonchev–Trinajstić information content (AvgIpc) is 3.60. The van der Waals surface area contributed by atoms with Crippen molar-refractivity contribution in [3.8, 4) is 5.75 Å². The molecule has 1 N–H and O–H groups in total. The fourth-order valence-corrected chi connectivity index (χ4v) is 5.92. The molecule has 6 rings (SSSR count). The number of hydrogen-bond donors (Lipinski definition) is 1. The predicted molar refractivity (Wildman–Crippen MR) is 161 cm³/mol. The van der Waals surface area contributed by atoms with Gasteiger partial charge in [-0.15, -0.1) is 11.3 Å². The first kappa shape index (κ1) is 26.9. The van der Waals surface area contributed by atoms with Gasteiger partial charge in [-0.2, -0.15) is 0 Å². The van der Waals surface area contributed by atoms with E-state index in [1.54, 1.807) is 11.3 Å². The van der Waals surface area contributed by atoms with Crippen LogP contribution < -0.4 is 9.64 Å². The summed E-state index contributed by atoms with van der Waals surface area (Å²) >= 11 is 1.58. The molecule has 4 aromatic rings. The van der Waals surface area contributed by atoms with Crippen LogP contribution >= 0.6 is 11.3 Å². The summed E-state index contributed by atoms with van der Waals surface area (Å²) in [4.78, 5) is 26.1. The Morgan fingerprint density at radius 2 is 1.85 bits per heavy atom. The Bertz CT molecular complexity index is 1580. The molecule has 0 saturated carbocycles. The number of aliphatic hydroxyl groups is 1. The van der Waals surface area contributed by atoms with Crippen LogP contribution in [0.2, 0.25) is 0 Å². The Kier molecular flexibility index (Phi) is 7.67. The number of benzene rings is 3. The van der Waals surface area contributed by atoms with Crippen molar-refractivity contribution in [3.63, 3.8) is 0 Å². The van der Waals surface area contributed by atoms with E-state index in [9.17, 15) is 4.79 Å². The minimum atomic E-state index is -1.17. The molecule has 41 heavy (non-hydrogen) atoms. The summed E-state index contributed by atoms with van der Waals surface area (Å²) in [5, 5.41) is 12.0. The van der Waals surface area contributed by atoms with Crippen LogP contribution in [0.5, 0.6) is 5.75 Å². The number of aromatic nitrogens is 1. The Morgan fingerprint density at radius 3 is 2.61 bits per heavy atom. The number of nitrogens with zero attached hydrogens (tertiary/aromatic N) is 3.